The van der Waals surface area contributed by atoms with Crippen molar-refractivity contribution in [1.29, 1.82) is 0 Å². The lowest BCUT2D eigenvalue weighted by Gasteiger charge is -2.06. The maximum absolute atomic E-state index is 5.83. The number of imidazole rings is 1. The smallest absolute Gasteiger partial charge is 0.126 e. The molecule has 16 heavy (non-hydrogen) atoms. The van der Waals surface area contributed by atoms with Gasteiger partial charge in [0.25, 0.3) is 0 Å². The number of nitrogen functional groups attached to an aromatic ring is 1. The van der Waals surface area contributed by atoms with E-state index in [9.17, 15) is 0 Å². The monoisotopic (exact) mass is 216 g/mol. The van der Waals surface area contributed by atoms with Gasteiger partial charge in [-0.2, -0.15) is 0 Å². The summed E-state index contributed by atoms with van der Waals surface area (Å²) in [6, 6.07) is 2.09. The van der Waals surface area contributed by atoms with Crippen LogP contribution in [-0.4, -0.2) is 14.5 Å². The van der Waals surface area contributed by atoms with Gasteiger partial charge in [-0.3, -0.25) is 0 Å². The van der Waals surface area contributed by atoms with Crippen molar-refractivity contribution in [2.45, 2.75) is 19.8 Å². The van der Waals surface area contributed by atoms with E-state index in [1.54, 1.807) is 6.20 Å². The Balaban J connectivity index is 2.10. The highest BCUT2D eigenvalue weighted by Gasteiger charge is 2.04. The second kappa shape index (κ2) is 4.35. The molecule has 0 saturated carbocycles. The quantitative estimate of drug-likeness (QED) is 0.845. The van der Waals surface area contributed by atoms with E-state index >= 15 is 0 Å². The van der Waals surface area contributed by atoms with Gasteiger partial charge in [0.05, 0.1) is 0 Å². The van der Waals surface area contributed by atoms with Crippen LogP contribution < -0.4 is 5.73 Å². The highest BCUT2D eigenvalue weighted by molar-refractivity contribution is 5.40. The van der Waals surface area contributed by atoms with Crippen LogP contribution in [0.3, 0.4) is 0 Å². The zero-order chi connectivity index (χ0) is 11.5. The van der Waals surface area contributed by atoms with Gasteiger partial charge < -0.3 is 10.3 Å². The number of pyridine rings is 1. The summed E-state index contributed by atoms with van der Waals surface area (Å²) in [6.45, 7) is 2.02. The fraction of sp³-hybridized carbons (Fsp3) is 0.333. The van der Waals surface area contributed by atoms with Crippen molar-refractivity contribution in [2.24, 2.45) is 7.05 Å². The third-order valence-electron chi connectivity index (χ3n) is 2.68. The van der Waals surface area contributed by atoms with Gasteiger partial charge in [0.2, 0.25) is 0 Å². The van der Waals surface area contributed by atoms with Crippen LogP contribution in [0.4, 0.5) is 5.82 Å². The molecule has 2 aromatic rings. The second-order valence-corrected chi connectivity index (χ2v) is 4.01. The van der Waals surface area contributed by atoms with Gasteiger partial charge in [-0.1, -0.05) is 6.07 Å². The number of hydrogen-bond acceptors (Lipinski definition) is 3. The molecular formula is C12H16N4. The molecule has 2 heterocycles. The third kappa shape index (κ3) is 2.21. The number of anilines is 1. The van der Waals surface area contributed by atoms with Crippen LogP contribution in [-0.2, 0) is 19.9 Å². The highest BCUT2D eigenvalue weighted by Crippen LogP contribution is 2.13. The molecule has 2 rings (SSSR count). The van der Waals surface area contributed by atoms with Crippen molar-refractivity contribution in [1.82, 2.24) is 14.5 Å². The first-order chi connectivity index (χ1) is 7.66. The molecule has 0 aromatic carbocycles. The number of nitrogens with two attached hydrogens (primary N) is 1. The Labute approximate surface area is 95.1 Å². The summed E-state index contributed by atoms with van der Waals surface area (Å²) in [4.78, 5) is 8.44. The molecule has 0 aliphatic carbocycles. The molecule has 4 nitrogen and oxygen atoms in total. The van der Waals surface area contributed by atoms with E-state index in [-0.39, 0.29) is 0 Å². The SMILES string of the molecule is Cc1cnc(N)c(CCc2nccn2C)c1. The summed E-state index contributed by atoms with van der Waals surface area (Å²) in [5.74, 6) is 1.70. The van der Waals surface area contributed by atoms with Crippen LogP contribution in [0.2, 0.25) is 0 Å². The Kier molecular flexibility index (Phi) is 2.90. The summed E-state index contributed by atoms with van der Waals surface area (Å²) in [5, 5.41) is 0. The van der Waals surface area contributed by atoms with Crippen molar-refractivity contribution in [3.63, 3.8) is 0 Å². The Hall–Kier alpha value is -1.84. The number of rotatable bonds is 3. The maximum atomic E-state index is 5.83. The van der Waals surface area contributed by atoms with Gasteiger partial charge in [0.15, 0.2) is 0 Å². The second-order valence-electron chi connectivity index (χ2n) is 4.01. The highest BCUT2D eigenvalue weighted by atomic mass is 15.0. The predicted octanol–water partition coefficient (Wildman–Crippen LogP) is 1.49. The summed E-state index contributed by atoms with van der Waals surface area (Å²) >= 11 is 0. The van der Waals surface area contributed by atoms with Crippen LogP contribution in [0.1, 0.15) is 17.0 Å². The van der Waals surface area contributed by atoms with Crippen LogP contribution >= 0.6 is 0 Å². The zero-order valence-electron chi connectivity index (χ0n) is 9.64. The molecule has 0 aliphatic heterocycles. The van der Waals surface area contributed by atoms with Crippen LogP contribution in [0.25, 0.3) is 0 Å². The van der Waals surface area contributed by atoms with E-state index in [1.807, 2.05) is 30.9 Å². The average Bonchev–Trinajstić information content (AvgIpc) is 2.66. The standard InChI is InChI=1S/C12H16N4/c1-9-7-10(12(13)15-8-9)3-4-11-14-5-6-16(11)2/h5-8H,3-4H2,1-2H3,(H2,13,15). The molecule has 0 unspecified atom stereocenters. The Morgan fingerprint density at radius 1 is 1.31 bits per heavy atom. The molecule has 0 atom stereocenters. The molecule has 2 N–H and O–H groups in total. The first-order valence-corrected chi connectivity index (χ1v) is 5.34. The minimum absolute atomic E-state index is 0.625. The van der Waals surface area contributed by atoms with E-state index in [0.717, 1.165) is 29.8 Å². The van der Waals surface area contributed by atoms with E-state index in [1.165, 1.54) is 0 Å². The molecular weight excluding hydrogens is 200 g/mol. The molecule has 2 aromatic heterocycles. The summed E-state index contributed by atoms with van der Waals surface area (Å²) < 4.78 is 2.03. The maximum Gasteiger partial charge on any atom is 0.126 e. The average molecular weight is 216 g/mol. The Morgan fingerprint density at radius 2 is 2.12 bits per heavy atom. The van der Waals surface area contributed by atoms with Crippen molar-refractivity contribution < 1.29 is 0 Å². The van der Waals surface area contributed by atoms with E-state index in [4.69, 9.17) is 5.73 Å². The first-order valence-electron chi connectivity index (χ1n) is 5.34. The van der Waals surface area contributed by atoms with Crippen molar-refractivity contribution >= 4 is 5.82 Å². The fourth-order valence-corrected chi connectivity index (χ4v) is 1.72. The Bertz CT molecular complexity index is 488. The van der Waals surface area contributed by atoms with Gasteiger partial charge in [0.1, 0.15) is 11.6 Å². The molecule has 0 spiro atoms. The van der Waals surface area contributed by atoms with Crippen LogP contribution in [0.5, 0.6) is 0 Å². The zero-order valence-corrected chi connectivity index (χ0v) is 9.64. The number of aromatic nitrogens is 3. The third-order valence-corrected chi connectivity index (χ3v) is 2.68. The normalized spacial score (nSPS) is 10.6. The lowest BCUT2D eigenvalue weighted by atomic mass is 10.1. The predicted molar refractivity (Wildman–Crippen MR) is 64.0 cm³/mol. The molecule has 0 amide bonds. The lowest BCUT2D eigenvalue weighted by molar-refractivity contribution is 0.770. The van der Waals surface area contributed by atoms with E-state index < -0.39 is 0 Å². The molecule has 0 bridgehead atoms. The van der Waals surface area contributed by atoms with Gasteiger partial charge in [-0.15, -0.1) is 0 Å². The van der Waals surface area contributed by atoms with Crippen LogP contribution in [0.15, 0.2) is 24.7 Å². The number of nitrogens with zero attached hydrogens (tertiary/aromatic N) is 3. The molecule has 84 valence electrons. The van der Waals surface area contributed by atoms with Gasteiger partial charge >= 0.3 is 0 Å². The van der Waals surface area contributed by atoms with E-state index in [2.05, 4.69) is 16.0 Å². The van der Waals surface area contributed by atoms with Crippen LogP contribution in [0, 0.1) is 6.92 Å². The largest absolute Gasteiger partial charge is 0.383 e. The van der Waals surface area contributed by atoms with Gasteiger partial charge in [0, 0.05) is 32.1 Å². The lowest BCUT2D eigenvalue weighted by Crippen LogP contribution is -2.03. The van der Waals surface area contributed by atoms with Crippen molar-refractivity contribution in [3.05, 3.63) is 41.6 Å². The molecule has 0 saturated heterocycles. The fourth-order valence-electron chi connectivity index (χ4n) is 1.72. The minimum atomic E-state index is 0.625. The van der Waals surface area contributed by atoms with Crippen molar-refractivity contribution in [3.8, 4) is 0 Å². The summed E-state index contributed by atoms with van der Waals surface area (Å²) in [5.41, 5.74) is 8.07. The number of aryl methyl sites for hydroxylation is 4. The first kappa shape index (κ1) is 10.7. The number of hydrogen-bond donors (Lipinski definition) is 1. The topological polar surface area (TPSA) is 56.7 Å². The molecule has 0 aliphatic rings. The van der Waals surface area contributed by atoms with Gasteiger partial charge in [-0.05, 0) is 24.5 Å². The summed E-state index contributed by atoms with van der Waals surface area (Å²) in [7, 11) is 2.00. The minimum Gasteiger partial charge on any atom is -0.383 e. The summed E-state index contributed by atoms with van der Waals surface area (Å²) in [6.07, 6.45) is 7.32. The van der Waals surface area contributed by atoms with Gasteiger partial charge in [-0.25, -0.2) is 9.97 Å². The molecule has 0 radical (unpaired) electrons. The molecule has 0 fully saturated rings. The van der Waals surface area contributed by atoms with E-state index in [0.29, 0.717) is 5.82 Å². The molecule has 4 heteroatoms. The Morgan fingerprint density at radius 3 is 2.81 bits per heavy atom. The van der Waals surface area contributed by atoms with Crippen molar-refractivity contribution in [2.75, 3.05) is 5.73 Å².